The Morgan fingerprint density at radius 2 is 1.41 bits per heavy atom. The van der Waals surface area contributed by atoms with Crippen LogP contribution in [0.5, 0.6) is 0 Å². The minimum atomic E-state index is -4.14. The van der Waals surface area contributed by atoms with Crippen molar-refractivity contribution >= 4 is 21.6 Å². The topological polar surface area (TPSA) is 80.5 Å². The van der Waals surface area contributed by atoms with Crippen molar-refractivity contribution in [1.82, 2.24) is 0 Å². The van der Waals surface area contributed by atoms with Gasteiger partial charge in [-0.1, -0.05) is 0 Å². The molecule has 0 unspecified atom stereocenters. The van der Waals surface area contributed by atoms with Gasteiger partial charge in [0, 0.05) is 0 Å². The maximum absolute atomic E-state index is 13.0. The first-order valence-electron chi connectivity index (χ1n) is 6.13. The molecule has 0 atom stereocenters. The molecule has 0 saturated heterocycles. The van der Waals surface area contributed by atoms with Crippen LogP contribution < -0.4 is 10.0 Å². The third kappa shape index (κ3) is 3.40. The van der Waals surface area contributed by atoms with Crippen molar-refractivity contribution in [3.63, 3.8) is 0 Å². The van der Waals surface area contributed by atoms with Crippen LogP contribution in [0, 0.1) is 11.6 Å². The molecule has 0 saturated carbocycles. The zero-order chi connectivity index (χ0) is 16.3. The maximum Gasteiger partial charge on any atom is 0.264 e. The van der Waals surface area contributed by atoms with Crippen LogP contribution in [0.4, 0.5) is 14.5 Å². The van der Waals surface area contributed by atoms with E-state index in [0.29, 0.717) is 0 Å². The second-order valence-corrected chi connectivity index (χ2v) is 6.27. The Balaban J connectivity index is 2.50. The summed E-state index contributed by atoms with van der Waals surface area (Å²) in [6, 6.07) is 8.65. The quantitative estimate of drug-likeness (QED) is 0.907. The monoisotopic (exact) mass is 326 g/mol. The average molecular weight is 326 g/mol. The van der Waals surface area contributed by atoms with Crippen molar-refractivity contribution in [3.8, 4) is 0 Å². The molecule has 0 aromatic heterocycles. The summed E-state index contributed by atoms with van der Waals surface area (Å²) in [4.78, 5) is 11.0. The van der Waals surface area contributed by atoms with Gasteiger partial charge in [0.05, 0.1) is 10.6 Å². The SMILES string of the molecule is NC(=O)CN(c1ccc(F)cc1)S(=O)(=O)c1ccc(F)cc1. The molecule has 2 N–H and O–H groups in total. The molecule has 2 rings (SSSR count). The lowest BCUT2D eigenvalue weighted by Gasteiger charge is -2.23. The van der Waals surface area contributed by atoms with E-state index in [1.807, 2.05) is 0 Å². The Bertz CT molecular complexity index is 775. The van der Waals surface area contributed by atoms with Crippen LogP contribution in [0.2, 0.25) is 0 Å². The summed E-state index contributed by atoms with van der Waals surface area (Å²) in [5.74, 6) is -2.03. The molecule has 0 bridgehead atoms. The van der Waals surface area contributed by atoms with Gasteiger partial charge in [-0.3, -0.25) is 9.10 Å². The number of benzene rings is 2. The lowest BCUT2D eigenvalue weighted by molar-refractivity contribution is -0.116. The number of hydrogen-bond donors (Lipinski definition) is 1. The van der Waals surface area contributed by atoms with E-state index < -0.39 is 34.1 Å². The number of nitrogens with two attached hydrogens (primary N) is 1. The van der Waals surface area contributed by atoms with Crippen molar-refractivity contribution in [3.05, 3.63) is 60.2 Å². The zero-order valence-corrected chi connectivity index (χ0v) is 12.1. The Hall–Kier alpha value is -2.48. The van der Waals surface area contributed by atoms with Crippen LogP contribution in [-0.2, 0) is 14.8 Å². The average Bonchev–Trinajstić information content (AvgIpc) is 2.46. The number of amides is 1. The van der Waals surface area contributed by atoms with Crippen molar-refractivity contribution in [1.29, 1.82) is 0 Å². The first-order valence-corrected chi connectivity index (χ1v) is 7.57. The maximum atomic E-state index is 13.0. The molecule has 8 heteroatoms. The minimum absolute atomic E-state index is 0.0736. The summed E-state index contributed by atoms with van der Waals surface area (Å²) in [5.41, 5.74) is 5.15. The fraction of sp³-hybridized carbons (Fsp3) is 0.0714. The smallest absolute Gasteiger partial charge is 0.264 e. The fourth-order valence-corrected chi connectivity index (χ4v) is 3.23. The number of nitrogens with zero attached hydrogens (tertiary/aromatic N) is 1. The summed E-state index contributed by atoms with van der Waals surface area (Å²) >= 11 is 0. The lowest BCUT2D eigenvalue weighted by atomic mass is 10.3. The number of carbonyl (C=O) groups is 1. The number of halogens is 2. The van der Waals surface area contributed by atoms with Gasteiger partial charge in [0.2, 0.25) is 5.91 Å². The molecule has 0 aliphatic carbocycles. The van der Waals surface area contributed by atoms with Gasteiger partial charge in [-0.25, -0.2) is 17.2 Å². The van der Waals surface area contributed by atoms with Crippen LogP contribution in [0.3, 0.4) is 0 Å². The number of carbonyl (C=O) groups excluding carboxylic acids is 1. The van der Waals surface area contributed by atoms with Gasteiger partial charge >= 0.3 is 0 Å². The van der Waals surface area contributed by atoms with Gasteiger partial charge in [-0.05, 0) is 48.5 Å². The molecule has 0 aliphatic heterocycles. The lowest BCUT2D eigenvalue weighted by Crippen LogP contribution is -2.38. The van der Waals surface area contributed by atoms with E-state index in [1.54, 1.807) is 0 Å². The van der Waals surface area contributed by atoms with E-state index in [0.717, 1.165) is 40.7 Å². The molecule has 1 amide bonds. The molecule has 0 fully saturated rings. The molecule has 0 heterocycles. The van der Waals surface area contributed by atoms with Gasteiger partial charge < -0.3 is 5.73 Å². The summed E-state index contributed by atoms with van der Waals surface area (Å²) in [5, 5.41) is 0. The highest BCUT2D eigenvalue weighted by atomic mass is 32.2. The standard InChI is InChI=1S/C14H12F2N2O3S/c15-10-1-5-12(6-2-10)18(9-14(17)19)22(20,21)13-7-3-11(16)4-8-13/h1-8H,9H2,(H2,17,19). The van der Waals surface area contributed by atoms with E-state index in [-0.39, 0.29) is 10.6 Å². The molecule has 22 heavy (non-hydrogen) atoms. The summed E-state index contributed by atoms with van der Waals surface area (Å²) in [6.45, 7) is -0.620. The number of rotatable bonds is 5. The summed E-state index contributed by atoms with van der Waals surface area (Å²) in [6.07, 6.45) is 0. The third-order valence-electron chi connectivity index (χ3n) is 2.82. The van der Waals surface area contributed by atoms with E-state index in [1.165, 1.54) is 12.1 Å². The van der Waals surface area contributed by atoms with Crippen LogP contribution in [0.25, 0.3) is 0 Å². The van der Waals surface area contributed by atoms with Crippen molar-refractivity contribution in [2.75, 3.05) is 10.8 Å². The van der Waals surface area contributed by atoms with Crippen molar-refractivity contribution in [2.24, 2.45) is 5.73 Å². The van der Waals surface area contributed by atoms with Gasteiger partial charge in [0.15, 0.2) is 0 Å². The number of anilines is 1. The predicted octanol–water partition coefficient (Wildman–Crippen LogP) is 1.65. The second-order valence-electron chi connectivity index (χ2n) is 4.41. The first-order chi connectivity index (χ1) is 10.3. The zero-order valence-electron chi connectivity index (χ0n) is 11.2. The Kier molecular flexibility index (Phi) is 4.41. The number of primary amides is 1. The van der Waals surface area contributed by atoms with E-state index in [4.69, 9.17) is 5.73 Å². The highest BCUT2D eigenvalue weighted by Gasteiger charge is 2.26. The highest BCUT2D eigenvalue weighted by Crippen LogP contribution is 2.23. The third-order valence-corrected chi connectivity index (χ3v) is 4.60. The van der Waals surface area contributed by atoms with E-state index in [9.17, 15) is 22.0 Å². The van der Waals surface area contributed by atoms with Gasteiger partial charge in [-0.15, -0.1) is 0 Å². The number of sulfonamides is 1. The van der Waals surface area contributed by atoms with Crippen LogP contribution in [0.1, 0.15) is 0 Å². The van der Waals surface area contributed by atoms with Gasteiger partial charge in [0.25, 0.3) is 10.0 Å². The Morgan fingerprint density at radius 3 is 1.86 bits per heavy atom. The Labute approximate surface area is 126 Å². The molecular weight excluding hydrogens is 314 g/mol. The highest BCUT2D eigenvalue weighted by molar-refractivity contribution is 7.92. The molecule has 0 spiro atoms. The van der Waals surface area contributed by atoms with Crippen molar-refractivity contribution < 1.29 is 22.0 Å². The van der Waals surface area contributed by atoms with Crippen LogP contribution in [-0.4, -0.2) is 20.9 Å². The van der Waals surface area contributed by atoms with E-state index in [2.05, 4.69) is 0 Å². The molecule has 2 aromatic carbocycles. The molecule has 116 valence electrons. The molecular formula is C14H12F2N2O3S. The molecule has 0 aliphatic rings. The molecule has 2 aromatic rings. The summed E-state index contributed by atoms with van der Waals surface area (Å²) in [7, 11) is -4.14. The van der Waals surface area contributed by atoms with Gasteiger partial charge in [-0.2, -0.15) is 0 Å². The normalized spacial score (nSPS) is 11.2. The number of hydrogen-bond acceptors (Lipinski definition) is 3. The van der Waals surface area contributed by atoms with E-state index >= 15 is 0 Å². The van der Waals surface area contributed by atoms with Gasteiger partial charge in [0.1, 0.15) is 18.2 Å². The second kappa shape index (κ2) is 6.10. The Morgan fingerprint density at radius 1 is 0.955 bits per heavy atom. The van der Waals surface area contributed by atoms with Crippen LogP contribution in [0.15, 0.2) is 53.4 Å². The minimum Gasteiger partial charge on any atom is -0.368 e. The first kappa shape index (κ1) is 15.9. The van der Waals surface area contributed by atoms with Crippen LogP contribution >= 0.6 is 0 Å². The largest absolute Gasteiger partial charge is 0.368 e. The summed E-state index contributed by atoms with van der Waals surface area (Å²) < 4.78 is 51.8. The molecule has 0 radical (unpaired) electrons. The van der Waals surface area contributed by atoms with Crippen molar-refractivity contribution in [2.45, 2.75) is 4.90 Å². The molecule has 5 nitrogen and oxygen atoms in total. The fourth-order valence-electron chi connectivity index (χ4n) is 1.80. The predicted molar refractivity (Wildman–Crippen MR) is 76.5 cm³/mol.